The molecule has 0 aliphatic heterocycles. The molecule has 0 saturated carbocycles. The summed E-state index contributed by atoms with van der Waals surface area (Å²) < 4.78 is 72.5. The number of aryl methyl sites for hydroxylation is 1. The van der Waals surface area contributed by atoms with Crippen LogP contribution in [0.5, 0.6) is 11.5 Å². The molecule has 41 heavy (non-hydrogen) atoms. The number of rotatable bonds is 10. The van der Waals surface area contributed by atoms with Gasteiger partial charge >= 0.3 is 12.2 Å². The number of ether oxygens (including phenoxy) is 1. The van der Waals surface area contributed by atoms with Crippen molar-refractivity contribution in [1.29, 1.82) is 0 Å². The van der Waals surface area contributed by atoms with Crippen molar-refractivity contribution in [2.45, 2.75) is 24.4 Å². The zero-order chi connectivity index (χ0) is 29.5. The van der Waals surface area contributed by atoms with Gasteiger partial charge in [0, 0.05) is 24.5 Å². The molecule has 7 nitrogen and oxygen atoms in total. The average Bonchev–Trinajstić information content (AvgIpc) is 2.95. The third-order valence-corrected chi connectivity index (χ3v) is 7.54. The van der Waals surface area contributed by atoms with Gasteiger partial charge in [0.15, 0.2) is 0 Å². The van der Waals surface area contributed by atoms with Crippen LogP contribution in [0, 0.1) is 6.92 Å². The number of para-hydroxylation sites is 2. The average molecular weight is 584 g/mol. The Kier molecular flexibility index (Phi) is 9.31. The third kappa shape index (κ3) is 8.09. The molecular weight excluding hydrogens is 555 g/mol. The van der Waals surface area contributed by atoms with Gasteiger partial charge in [-0.3, -0.25) is 4.90 Å². The molecule has 2 N–H and O–H groups in total. The third-order valence-electron chi connectivity index (χ3n) is 6.08. The number of sulfonamides is 1. The maximum Gasteiger partial charge on any atom is 0.416 e. The number of benzene rings is 4. The summed E-state index contributed by atoms with van der Waals surface area (Å²) in [4.78, 5) is 14.3. The number of anilines is 2. The lowest BCUT2D eigenvalue weighted by molar-refractivity contribution is -0.137. The summed E-state index contributed by atoms with van der Waals surface area (Å²) in [6, 6.07) is 26.4. The highest BCUT2D eigenvalue weighted by atomic mass is 32.2. The van der Waals surface area contributed by atoms with Gasteiger partial charge in [-0.15, -0.1) is 0 Å². The monoisotopic (exact) mass is 583 g/mol. The Labute approximate surface area is 236 Å². The van der Waals surface area contributed by atoms with E-state index in [0.29, 0.717) is 28.9 Å². The van der Waals surface area contributed by atoms with Crippen LogP contribution in [0.4, 0.5) is 29.3 Å². The van der Waals surface area contributed by atoms with E-state index in [-0.39, 0.29) is 19.5 Å². The van der Waals surface area contributed by atoms with Crippen LogP contribution in [0.15, 0.2) is 108 Å². The second-order valence-corrected chi connectivity index (χ2v) is 10.8. The zero-order valence-corrected chi connectivity index (χ0v) is 22.9. The summed E-state index contributed by atoms with van der Waals surface area (Å²) in [5, 5.41) is 2.88. The molecule has 0 aromatic heterocycles. The fourth-order valence-electron chi connectivity index (χ4n) is 3.93. The molecule has 0 spiro atoms. The molecule has 0 bridgehead atoms. The van der Waals surface area contributed by atoms with Gasteiger partial charge in [-0.25, -0.2) is 17.9 Å². The van der Waals surface area contributed by atoms with Crippen LogP contribution < -0.4 is 19.7 Å². The van der Waals surface area contributed by atoms with E-state index in [1.165, 1.54) is 4.90 Å². The van der Waals surface area contributed by atoms with Crippen molar-refractivity contribution < 1.29 is 31.1 Å². The number of amides is 2. The first-order chi connectivity index (χ1) is 19.5. The second-order valence-electron chi connectivity index (χ2n) is 9.08. The lowest BCUT2D eigenvalue weighted by Gasteiger charge is -2.24. The Morgan fingerprint density at radius 1 is 0.854 bits per heavy atom. The standard InChI is InChI=1S/C30H28F3N3O4S/c1-22-9-5-6-14-28(22)35-29(37)36(24-15-17-26(18-16-24)40-25-11-3-2-4-12-25)20-8-19-34-41(38,39)27-13-7-10-23(21-27)30(31,32)33/h2-7,9-18,21,34H,8,19-20H2,1H3,(H,35,37). The summed E-state index contributed by atoms with van der Waals surface area (Å²) in [6.07, 6.45) is -4.49. The number of nitrogens with zero attached hydrogens (tertiary/aromatic N) is 1. The molecule has 4 aromatic carbocycles. The maximum absolute atomic E-state index is 13.3. The Morgan fingerprint density at radius 2 is 1.51 bits per heavy atom. The maximum atomic E-state index is 13.3. The Hall–Kier alpha value is -4.35. The minimum atomic E-state index is -4.67. The Balaban J connectivity index is 1.46. The predicted molar refractivity (Wildman–Crippen MR) is 152 cm³/mol. The number of halogens is 3. The molecule has 0 fully saturated rings. The molecule has 0 aliphatic rings. The first kappa shape index (κ1) is 29.6. The zero-order valence-electron chi connectivity index (χ0n) is 22.1. The fraction of sp³-hybridized carbons (Fsp3) is 0.167. The van der Waals surface area contributed by atoms with E-state index >= 15 is 0 Å². The van der Waals surface area contributed by atoms with E-state index in [1.54, 1.807) is 36.4 Å². The van der Waals surface area contributed by atoms with Gasteiger partial charge in [0.1, 0.15) is 11.5 Å². The molecule has 2 amide bonds. The van der Waals surface area contributed by atoms with Crippen LogP contribution in [-0.4, -0.2) is 27.5 Å². The van der Waals surface area contributed by atoms with Gasteiger partial charge < -0.3 is 10.1 Å². The van der Waals surface area contributed by atoms with Crippen LogP contribution >= 0.6 is 0 Å². The lowest BCUT2D eigenvalue weighted by atomic mass is 10.2. The molecule has 0 aliphatic carbocycles. The van der Waals surface area contributed by atoms with E-state index in [0.717, 1.165) is 23.8 Å². The van der Waals surface area contributed by atoms with Crippen molar-refractivity contribution in [3.63, 3.8) is 0 Å². The topological polar surface area (TPSA) is 87.7 Å². The SMILES string of the molecule is Cc1ccccc1NC(=O)N(CCCNS(=O)(=O)c1cccc(C(F)(F)F)c1)c1ccc(Oc2ccccc2)cc1. The number of alkyl halides is 3. The molecule has 0 radical (unpaired) electrons. The summed E-state index contributed by atoms with van der Waals surface area (Å²) in [5.41, 5.74) is 0.967. The number of hydrogen-bond donors (Lipinski definition) is 2. The van der Waals surface area contributed by atoms with Crippen LogP contribution in [0.2, 0.25) is 0 Å². The number of urea groups is 1. The van der Waals surface area contributed by atoms with E-state index in [9.17, 15) is 26.4 Å². The number of nitrogens with one attached hydrogen (secondary N) is 2. The van der Waals surface area contributed by atoms with Crippen LogP contribution in [-0.2, 0) is 16.2 Å². The van der Waals surface area contributed by atoms with E-state index in [1.807, 2.05) is 49.4 Å². The molecule has 0 heterocycles. The number of carbonyl (C=O) groups excluding carboxylic acids is 1. The molecule has 4 rings (SSSR count). The molecule has 214 valence electrons. The van der Waals surface area contributed by atoms with E-state index in [2.05, 4.69) is 10.0 Å². The quantitative estimate of drug-likeness (QED) is 0.193. The van der Waals surface area contributed by atoms with Crippen molar-refractivity contribution in [3.05, 3.63) is 114 Å². The van der Waals surface area contributed by atoms with Gasteiger partial charge in [0.2, 0.25) is 10.0 Å². The highest BCUT2D eigenvalue weighted by Gasteiger charge is 2.31. The minimum absolute atomic E-state index is 0.109. The minimum Gasteiger partial charge on any atom is -0.457 e. The van der Waals surface area contributed by atoms with Crippen LogP contribution in [0.3, 0.4) is 0 Å². The molecule has 0 saturated heterocycles. The first-order valence-corrected chi connectivity index (χ1v) is 14.2. The van der Waals surface area contributed by atoms with Gasteiger partial charge in [-0.1, -0.05) is 42.5 Å². The van der Waals surface area contributed by atoms with Gasteiger partial charge in [0.25, 0.3) is 0 Å². The second kappa shape index (κ2) is 12.9. The molecule has 11 heteroatoms. The molecule has 4 aromatic rings. The van der Waals surface area contributed by atoms with Crippen molar-refractivity contribution in [2.24, 2.45) is 0 Å². The highest BCUT2D eigenvalue weighted by molar-refractivity contribution is 7.89. The lowest BCUT2D eigenvalue weighted by Crippen LogP contribution is -2.37. The predicted octanol–water partition coefficient (Wildman–Crippen LogP) is 7.21. The number of hydrogen-bond acceptors (Lipinski definition) is 4. The smallest absolute Gasteiger partial charge is 0.416 e. The van der Waals surface area contributed by atoms with Crippen LogP contribution in [0.1, 0.15) is 17.5 Å². The highest BCUT2D eigenvalue weighted by Crippen LogP contribution is 2.30. The molecular formula is C30H28F3N3O4S. The van der Waals surface area contributed by atoms with Crippen molar-refractivity contribution >= 4 is 27.4 Å². The van der Waals surface area contributed by atoms with Gasteiger partial charge in [-0.2, -0.15) is 13.2 Å². The normalized spacial score (nSPS) is 11.6. The molecule has 0 atom stereocenters. The van der Waals surface area contributed by atoms with Crippen LogP contribution in [0.25, 0.3) is 0 Å². The fourth-order valence-corrected chi connectivity index (χ4v) is 5.05. The van der Waals surface area contributed by atoms with Crippen molar-refractivity contribution in [2.75, 3.05) is 23.3 Å². The number of carbonyl (C=O) groups is 1. The summed E-state index contributed by atoms with van der Waals surface area (Å²) in [6.45, 7) is 1.86. The van der Waals surface area contributed by atoms with E-state index in [4.69, 9.17) is 4.74 Å². The summed E-state index contributed by atoms with van der Waals surface area (Å²) in [5.74, 6) is 1.22. The summed E-state index contributed by atoms with van der Waals surface area (Å²) in [7, 11) is -4.20. The molecule has 0 unspecified atom stereocenters. The van der Waals surface area contributed by atoms with Gasteiger partial charge in [0.05, 0.1) is 10.5 Å². The summed E-state index contributed by atoms with van der Waals surface area (Å²) >= 11 is 0. The largest absolute Gasteiger partial charge is 0.457 e. The van der Waals surface area contributed by atoms with Crippen molar-refractivity contribution in [3.8, 4) is 11.5 Å². The van der Waals surface area contributed by atoms with E-state index < -0.39 is 32.7 Å². The van der Waals surface area contributed by atoms with Crippen molar-refractivity contribution in [1.82, 2.24) is 4.72 Å². The Bertz CT molecular complexity index is 1580. The first-order valence-electron chi connectivity index (χ1n) is 12.7. The Morgan fingerprint density at radius 3 is 2.20 bits per heavy atom. The van der Waals surface area contributed by atoms with Gasteiger partial charge in [-0.05, 0) is 79.6 Å².